The molecule has 1 aromatic carbocycles. The van der Waals surface area contributed by atoms with Crippen molar-refractivity contribution in [3.63, 3.8) is 0 Å². The molecule has 0 radical (unpaired) electrons. The Morgan fingerprint density at radius 1 is 1.24 bits per heavy atom. The maximum atomic E-state index is 13.2. The third-order valence-corrected chi connectivity index (χ3v) is 3.73. The number of hydrogen-bond acceptors (Lipinski definition) is 3. The summed E-state index contributed by atoms with van der Waals surface area (Å²) >= 11 is 0. The first-order chi connectivity index (χ1) is 11.7. The van der Waals surface area contributed by atoms with Gasteiger partial charge in [0.25, 0.3) is 5.56 Å². The van der Waals surface area contributed by atoms with E-state index in [4.69, 9.17) is 0 Å². The van der Waals surface area contributed by atoms with Gasteiger partial charge in [-0.3, -0.25) is 9.59 Å². The molecule has 0 bridgehead atoms. The van der Waals surface area contributed by atoms with Gasteiger partial charge < -0.3 is 5.32 Å². The van der Waals surface area contributed by atoms with Crippen LogP contribution in [0.4, 0.5) is 23.2 Å². The number of nitrogens with one attached hydrogen (secondary N) is 1. The number of hydrogen-bond donors (Lipinski definition) is 1. The summed E-state index contributed by atoms with van der Waals surface area (Å²) in [5.41, 5.74) is -1.48. The Morgan fingerprint density at radius 3 is 2.60 bits per heavy atom. The van der Waals surface area contributed by atoms with E-state index in [-0.39, 0.29) is 11.6 Å². The lowest BCUT2D eigenvalue weighted by Crippen LogP contribution is -2.29. The fourth-order valence-electron chi connectivity index (χ4n) is 2.33. The van der Waals surface area contributed by atoms with Gasteiger partial charge in [-0.05, 0) is 37.1 Å². The lowest BCUT2D eigenvalue weighted by Gasteiger charge is -2.11. The van der Waals surface area contributed by atoms with Gasteiger partial charge in [-0.15, -0.1) is 0 Å². The number of anilines is 1. The molecule has 132 valence electrons. The second-order valence-electron chi connectivity index (χ2n) is 5.77. The van der Waals surface area contributed by atoms with Crippen LogP contribution in [0.2, 0.25) is 0 Å². The third-order valence-electron chi connectivity index (χ3n) is 3.73. The van der Waals surface area contributed by atoms with Crippen LogP contribution in [-0.4, -0.2) is 15.7 Å². The van der Waals surface area contributed by atoms with Crippen molar-refractivity contribution >= 4 is 11.6 Å². The summed E-state index contributed by atoms with van der Waals surface area (Å²) in [6.07, 6.45) is -2.94. The van der Waals surface area contributed by atoms with Gasteiger partial charge in [0.05, 0.1) is 11.3 Å². The topological polar surface area (TPSA) is 64.0 Å². The van der Waals surface area contributed by atoms with Crippen LogP contribution in [-0.2, 0) is 17.5 Å². The van der Waals surface area contributed by atoms with Gasteiger partial charge in [0.2, 0.25) is 5.91 Å². The summed E-state index contributed by atoms with van der Waals surface area (Å²) in [6.45, 7) is -0.446. The standard InChI is InChI=1S/C16H13F4N3O2/c17-12-4-3-10(7-11(12)16(18,19)20)21-14(24)8-23-15(25)6-5-13(22-23)9-1-2-9/h3-7,9H,1-2,8H2,(H,21,24). The maximum Gasteiger partial charge on any atom is 0.419 e. The van der Waals surface area contributed by atoms with E-state index in [1.54, 1.807) is 6.07 Å². The normalized spacial score (nSPS) is 14.4. The van der Waals surface area contributed by atoms with Gasteiger partial charge in [0, 0.05) is 17.7 Å². The molecule has 0 unspecified atom stereocenters. The van der Waals surface area contributed by atoms with Crippen molar-refractivity contribution < 1.29 is 22.4 Å². The molecule has 1 aliphatic rings. The Hall–Kier alpha value is -2.71. The number of halogens is 4. The summed E-state index contributed by atoms with van der Waals surface area (Å²) in [5, 5.41) is 6.31. The van der Waals surface area contributed by atoms with Crippen molar-refractivity contribution in [2.24, 2.45) is 0 Å². The van der Waals surface area contributed by atoms with Crippen LogP contribution in [0.25, 0.3) is 0 Å². The highest BCUT2D eigenvalue weighted by atomic mass is 19.4. The zero-order valence-electron chi connectivity index (χ0n) is 12.8. The molecule has 0 atom stereocenters. The maximum absolute atomic E-state index is 13.2. The average Bonchev–Trinajstić information content (AvgIpc) is 3.35. The molecule has 3 rings (SSSR count). The van der Waals surface area contributed by atoms with Crippen molar-refractivity contribution in [2.45, 2.75) is 31.5 Å². The Labute approximate surface area is 139 Å². The van der Waals surface area contributed by atoms with Crippen LogP contribution in [0, 0.1) is 5.82 Å². The van der Waals surface area contributed by atoms with Crippen molar-refractivity contribution in [3.05, 3.63) is 57.8 Å². The van der Waals surface area contributed by atoms with Crippen LogP contribution in [0.15, 0.2) is 35.1 Å². The summed E-state index contributed by atoms with van der Waals surface area (Å²) in [7, 11) is 0. The number of rotatable bonds is 4. The van der Waals surface area contributed by atoms with E-state index in [1.165, 1.54) is 6.07 Å². The van der Waals surface area contributed by atoms with E-state index < -0.39 is 35.6 Å². The minimum absolute atomic E-state index is 0.217. The van der Waals surface area contributed by atoms with Crippen LogP contribution in [0.3, 0.4) is 0 Å². The summed E-state index contributed by atoms with van der Waals surface area (Å²) in [4.78, 5) is 23.7. The van der Waals surface area contributed by atoms with Gasteiger partial charge in [0.1, 0.15) is 12.4 Å². The minimum atomic E-state index is -4.87. The van der Waals surface area contributed by atoms with Crippen LogP contribution in [0.1, 0.15) is 30.0 Å². The number of alkyl halides is 3. The van der Waals surface area contributed by atoms with Crippen LogP contribution in [0.5, 0.6) is 0 Å². The lowest BCUT2D eigenvalue weighted by molar-refractivity contribution is -0.140. The molecule has 1 aliphatic carbocycles. The fraction of sp³-hybridized carbons (Fsp3) is 0.312. The molecule has 0 spiro atoms. The molecule has 1 amide bonds. The average molecular weight is 355 g/mol. The largest absolute Gasteiger partial charge is 0.419 e. The van der Waals surface area contributed by atoms with E-state index in [0.717, 1.165) is 23.6 Å². The highest BCUT2D eigenvalue weighted by Crippen LogP contribution is 2.38. The summed E-state index contributed by atoms with van der Waals surface area (Å²) < 4.78 is 52.2. The molecular formula is C16H13F4N3O2. The smallest absolute Gasteiger partial charge is 0.324 e. The number of carbonyl (C=O) groups excluding carboxylic acids is 1. The van der Waals surface area contributed by atoms with E-state index in [0.29, 0.717) is 17.8 Å². The zero-order chi connectivity index (χ0) is 18.2. The van der Waals surface area contributed by atoms with E-state index in [9.17, 15) is 27.2 Å². The molecule has 0 saturated heterocycles. The monoisotopic (exact) mass is 355 g/mol. The first-order valence-electron chi connectivity index (χ1n) is 7.49. The number of aromatic nitrogens is 2. The number of nitrogens with zero attached hydrogens (tertiary/aromatic N) is 2. The summed E-state index contributed by atoms with van der Waals surface area (Å²) in [5.74, 6) is -1.89. The molecular weight excluding hydrogens is 342 g/mol. The van der Waals surface area contributed by atoms with Gasteiger partial charge in [0.15, 0.2) is 0 Å². The zero-order valence-corrected chi connectivity index (χ0v) is 12.8. The van der Waals surface area contributed by atoms with E-state index >= 15 is 0 Å². The molecule has 5 nitrogen and oxygen atoms in total. The Bertz CT molecular complexity index is 872. The summed E-state index contributed by atoms with van der Waals surface area (Å²) in [6, 6.07) is 5.04. The van der Waals surface area contributed by atoms with Crippen molar-refractivity contribution in [3.8, 4) is 0 Å². The molecule has 2 aromatic rings. The molecule has 1 aromatic heterocycles. The SMILES string of the molecule is O=C(Cn1nc(C2CC2)ccc1=O)Nc1ccc(F)c(C(F)(F)F)c1. The quantitative estimate of drug-likeness (QED) is 0.858. The van der Waals surface area contributed by atoms with Crippen LogP contribution < -0.4 is 10.9 Å². The molecule has 1 fully saturated rings. The van der Waals surface area contributed by atoms with Crippen molar-refractivity contribution in [1.29, 1.82) is 0 Å². The van der Waals surface area contributed by atoms with Gasteiger partial charge in [-0.2, -0.15) is 18.3 Å². The van der Waals surface area contributed by atoms with Gasteiger partial charge in [-0.25, -0.2) is 9.07 Å². The minimum Gasteiger partial charge on any atom is -0.324 e. The first kappa shape index (κ1) is 17.1. The molecule has 9 heteroatoms. The first-order valence-corrected chi connectivity index (χ1v) is 7.49. The predicted molar refractivity (Wildman–Crippen MR) is 80.5 cm³/mol. The fourth-order valence-corrected chi connectivity index (χ4v) is 2.33. The molecule has 1 N–H and O–H groups in total. The molecule has 1 heterocycles. The van der Waals surface area contributed by atoms with Gasteiger partial charge in [-0.1, -0.05) is 0 Å². The second kappa shape index (κ2) is 6.30. The van der Waals surface area contributed by atoms with Crippen molar-refractivity contribution in [1.82, 2.24) is 9.78 Å². The van der Waals surface area contributed by atoms with Gasteiger partial charge >= 0.3 is 6.18 Å². The van der Waals surface area contributed by atoms with Crippen molar-refractivity contribution in [2.75, 3.05) is 5.32 Å². The third kappa shape index (κ3) is 4.04. The molecule has 25 heavy (non-hydrogen) atoms. The van der Waals surface area contributed by atoms with Crippen LogP contribution >= 0.6 is 0 Å². The number of amides is 1. The van der Waals surface area contributed by atoms with E-state index in [2.05, 4.69) is 10.4 Å². The number of carbonyl (C=O) groups is 1. The lowest BCUT2D eigenvalue weighted by atomic mass is 10.2. The molecule has 1 saturated carbocycles. The molecule has 0 aliphatic heterocycles. The Balaban J connectivity index is 1.75. The highest BCUT2D eigenvalue weighted by molar-refractivity contribution is 5.90. The predicted octanol–water partition coefficient (Wildman–Crippen LogP) is 2.92. The second-order valence-corrected chi connectivity index (χ2v) is 5.77. The highest BCUT2D eigenvalue weighted by Gasteiger charge is 2.34. The van der Waals surface area contributed by atoms with E-state index in [1.807, 2.05) is 0 Å². The Morgan fingerprint density at radius 2 is 1.96 bits per heavy atom. The number of benzene rings is 1. The Kier molecular flexibility index (Phi) is 4.32.